The van der Waals surface area contributed by atoms with E-state index >= 15 is 0 Å². The van der Waals surface area contributed by atoms with Crippen molar-refractivity contribution in [3.8, 4) is 0 Å². The minimum Gasteiger partial charge on any atom is -0.478 e. The van der Waals surface area contributed by atoms with Crippen LogP contribution >= 0.6 is 0 Å². The number of carboxylic acid groups (broad SMARTS) is 1. The first kappa shape index (κ1) is 18.2. The van der Waals surface area contributed by atoms with Crippen LogP contribution in [0, 0.1) is 0 Å². The van der Waals surface area contributed by atoms with Gasteiger partial charge in [0.15, 0.2) is 0 Å². The van der Waals surface area contributed by atoms with E-state index in [1.165, 1.54) is 25.7 Å². The zero-order valence-electron chi connectivity index (χ0n) is 15.2. The summed E-state index contributed by atoms with van der Waals surface area (Å²) < 4.78 is 2.27. The topological polar surface area (TPSA) is 55.1 Å². The number of fused-ring (bicyclic) bond motifs is 1. The highest BCUT2D eigenvalue weighted by atomic mass is 16.4. The number of carbonyl (C=O) groups is 1. The van der Waals surface area contributed by atoms with E-state index in [2.05, 4.69) is 31.4 Å². The zero-order chi connectivity index (χ0) is 17.7. The molecule has 0 amide bonds. The van der Waals surface area contributed by atoms with Crippen LogP contribution < -0.4 is 0 Å². The van der Waals surface area contributed by atoms with Crippen molar-refractivity contribution in [1.82, 2.24) is 9.55 Å². The lowest BCUT2D eigenvalue weighted by atomic mass is 10.1. The average Bonchev–Trinajstić information content (AvgIpc) is 2.96. The lowest BCUT2D eigenvalue weighted by Gasteiger charge is -2.18. The number of allylic oxidation sites excluding steroid dienone is 2. The number of aromatic nitrogens is 2. The van der Waals surface area contributed by atoms with E-state index in [1.54, 1.807) is 12.1 Å². The molecular formula is C20H28N2O2. The predicted octanol–water partition coefficient (Wildman–Crippen LogP) is 5.69. The number of nitrogens with zero attached hydrogens (tertiary/aromatic N) is 2. The Morgan fingerprint density at radius 2 is 2.08 bits per heavy atom. The highest BCUT2D eigenvalue weighted by Gasteiger charge is 2.18. The number of hydrogen-bond acceptors (Lipinski definition) is 2. The Morgan fingerprint density at radius 1 is 1.33 bits per heavy atom. The fraction of sp³-hybridized carbons (Fsp3) is 0.500. The van der Waals surface area contributed by atoms with E-state index in [-0.39, 0.29) is 5.56 Å². The summed E-state index contributed by atoms with van der Waals surface area (Å²) in [6, 6.07) is 5.57. The molecule has 2 rings (SSSR count). The molecule has 0 aliphatic rings. The summed E-state index contributed by atoms with van der Waals surface area (Å²) >= 11 is 0. The third-order valence-electron chi connectivity index (χ3n) is 4.64. The van der Waals surface area contributed by atoms with Crippen LogP contribution in [-0.4, -0.2) is 20.6 Å². The standard InChI is InChI=1S/C20H28N2O2/c1-5-7-8-9-10-15(4)22-18-12-11-16(20(23)24)13-17(18)21-19(22)14(3)6-2/h6,11-13,15H,5,7-10H2,1-4H3,(H,23,24)/b14-6+. The second-order valence-corrected chi connectivity index (χ2v) is 6.48. The molecule has 1 atom stereocenters. The van der Waals surface area contributed by atoms with Gasteiger partial charge in [-0.2, -0.15) is 0 Å². The number of carboxylic acids is 1. The molecule has 24 heavy (non-hydrogen) atoms. The van der Waals surface area contributed by atoms with Gasteiger partial charge in [0.2, 0.25) is 0 Å². The Hall–Kier alpha value is -2.10. The van der Waals surface area contributed by atoms with Crippen molar-refractivity contribution in [2.75, 3.05) is 0 Å². The number of unbranched alkanes of at least 4 members (excludes halogenated alkanes) is 3. The molecule has 130 valence electrons. The molecule has 0 radical (unpaired) electrons. The minimum atomic E-state index is -0.914. The number of benzene rings is 1. The summed E-state index contributed by atoms with van der Waals surface area (Å²) in [5.41, 5.74) is 3.17. The molecule has 2 aromatic rings. The second-order valence-electron chi connectivity index (χ2n) is 6.48. The molecule has 1 aromatic heterocycles. The van der Waals surface area contributed by atoms with Crippen molar-refractivity contribution in [2.24, 2.45) is 0 Å². The van der Waals surface area contributed by atoms with Gasteiger partial charge in [-0.1, -0.05) is 38.7 Å². The van der Waals surface area contributed by atoms with Gasteiger partial charge in [-0.15, -0.1) is 0 Å². The monoisotopic (exact) mass is 328 g/mol. The summed E-state index contributed by atoms with van der Waals surface area (Å²) in [6.45, 7) is 8.51. The average molecular weight is 328 g/mol. The van der Waals surface area contributed by atoms with Crippen molar-refractivity contribution in [2.45, 2.75) is 65.8 Å². The van der Waals surface area contributed by atoms with Crippen LogP contribution in [0.1, 0.15) is 82.0 Å². The van der Waals surface area contributed by atoms with E-state index in [0.29, 0.717) is 6.04 Å². The van der Waals surface area contributed by atoms with Crippen LogP contribution in [0.4, 0.5) is 0 Å². The van der Waals surface area contributed by atoms with E-state index in [1.807, 2.05) is 13.0 Å². The quantitative estimate of drug-likeness (QED) is 0.633. The Morgan fingerprint density at radius 3 is 2.71 bits per heavy atom. The van der Waals surface area contributed by atoms with Crippen LogP contribution in [0.15, 0.2) is 24.3 Å². The largest absolute Gasteiger partial charge is 0.478 e. The van der Waals surface area contributed by atoms with Gasteiger partial charge in [0, 0.05) is 6.04 Å². The molecule has 1 aromatic carbocycles. The van der Waals surface area contributed by atoms with Crippen LogP contribution in [-0.2, 0) is 0 Å². The van der Waals surface area contributed by atoms with Gasteiger partial charge in [0.05, 0.1) is 16.6 Å². The molecule has 1 N–H and O–H groups in total. The van der Waals surface area contributed by atoms with Gasteiger partial charge in [-0.25, -0.2) is 9.78 Å². The molecule has 0 bridgehead atoms. The first-order chi connectivity index (χ1) is 11.5. The number of imidazole rings is 1. The Balaban J connectivity index is 2.42. The summed E-state index contributed by atoms with van der Waals surface area (Å²) in [5, 5.41) is 9.21. The molecule has 1 unspecified atom stereocenters. The van der Waals surface area contributed by atoms with Crippen molar-refractivity contribution in [1.29, 1.82) is 0 Å². The predicted molar refractivity (Wildman–Crippen MR) is 99.5 cm³/mol. The summed E-state index contributed by atoms with van der Waals surface area (Å²) in [5.74, 6) is 0.0291. The fourth-order valence-electron chi connectivity index (χ4n) is 3.08. The maximum absolute atomic E-state index is 11.2. The van der Waals surface area contributed by atoms with Crippen LogP contribution in [0.5, 0.6) is 0 Å². The SMILES string of the molecule is C/C=C(\C)c1nc2cc(C(=O)O)ccc2n1C(C)CCCCCC. The molecule has 4 heteroatoms. The molecule has 4 nitrogen and oxygen atoms in total. The van der Waals surface area contributed by atoms with Gasteiger partial charge >= 0.3 is 5.97 Å². The van der Waals surface area contributed by atoms with Crippen LogP contribution in [0.3, 0.4) is 0 Å². The molecule has 0 saturated carbocycles. The molecule has 0 aliphatic carbocycles. The van der Waals surface area contributed by atoms with E-state index in [4.69, 9.17) is 4.98 Å². The summed E-state index contributed by atoms with van der Waals surface area (Å²) in [4.78, 5) is 15.9. The van der Waals surface area contributed by atoms with E-state index in [9.17, 15) is 9.90 Å². The third kappa shape index (κ3) is 3.86. The first-order valence-electron chi connectivity index (χ1n) is 8.88. The van der Waals surface area contributed by atoms with Crippen LogP contribution in [0.2, 0.25) is 0 Å². The van der Waals surface area contributed by atoms with Crippen molar-refractivity contribution in [3.05, 3.63) is 35.7 Å². The summed E-state index contributed by atoms with van der Waals surface area (Å²) in [6.07, 6.45) is 8.14. The minimum absolute atomic E-state index is 0.285. The smallest absolute Gasteiger partial charge is 0.335 e. The van der Waals surface area contributed by atoms with Gasteiger partial charge in [-0.05, 0) is 51.0 Å². The van der Waals surface area contributed by atoms with Crippen molar-refractivity contribution in [3.63, 3.8) is 0 Å². The number of aromatic carboxylic acids is 1. The molecular weight excluding hydrogens is 300 g/mol. The van der Waals surface area contributed by atoms with Crippen molar-refractivity contribution < 1.29 is 9.90 Å². The third-order valence-corrected chi connectivity index (χ3v) is 4.64. The molecule has 0 aliphatic heterocycles. The number of hydrogen-bond donors (Lipinski definition) is 1. The van der Waals surface area contributed by atoms with Gasteiger partial charge < -0.3 is 9.67 Å². The van der Waals surface area contributed by atoms with Crippen molar-refractivity contribution >= 4 is 22.6 Å². The normalized spacial score (nSPS) is 13.4. The fourth-order valence-corrected chi connectivity index (χ4v) is 3.08. The Labute approximate surface area is 144 Å². The summed E-state index contributed by atoms with van der Waals surface area (Å²) in [7, 11) is 0. The zero-order valence-corrected chi connectivity index (χ0v) is 15.2. The van der Waals surface area contributed by atoms with Gasteiger partial charge in [0.1, 0.15) is 5.82 Å². The van der Waals surface area contributed by atoms with Gasteiger partial charge in [-0.3, -0.25) is 0 Å². The molecule has 1 heterocycles. The van der Waals surface area contributed by atoms with E-state index < -0.39 is 5.97 Å². The second kappa shape index (κ2) is 8.13. The maximum Gasteiger partial charge on any atom is 0.335 e. The molecule has 0 fully saturated rings. The Kier molecular flexibility index (Phi) is 6.18. The number of rotatable bonds is 8. The van der Waals surface area contributed by atoms with E-state index in [0.717, 1.165) is 28.9 Å². The van der Waals surface area contributed by atoms with Crippen LogP contribution in [0.25, 0.3) is 16.6 Å². The highest BCUT2D eigenvalue weighted by molar-refractivity contribution is 5.93. The highest BCUT2D eigenvalue weighted by Crippen LogP contribution is 2.29. The lowest BCUT2D eigenvalue weighted by molar-refractivity contribution is 0.0697. The molecule has 0 saturated heterocycles. The van der Waals surface area contributed by atoms with Gasteiger partial charge in [0.25, 0.3) is 0 Å². The Bertz CT molecular complexity index is 743. The lowest BCUT2D eigenvalue weighted by Crippen LogP contribution is -2.09. The first-order valence-corrected chi connectivity index (χ1v) is 8.88. The maximum atomic E-state index is 11.2. The molecule has 0 spiro atoms.